The molecule has 1 fully saturated rings. The molecule has 2 atom stereocenters. The van der Waals surface area contributed by atoms with E-state index < -0.39 is 48.7 Å². The van der Waals surface area contributed by atoms with Crippen LogP contribution in [0.4, 0.5) is 27.6 Å². The number of anilines is 1. The fourth-order valence-corrected chi connectivity index (χ4v) is 3.92. The van der Waals surface area contributed by atoms with Crippen LogP contribution in [-0.2, 0) is 17.9 Å². The monoisotopic (exact) mass is 584 g/mol. The van der Waals surface area contributed by atoms with Gasteiger partial charge in [0.2, 0.25) is 5.91 Å². The van der Waals surface area contributed by atoms with Gasteiger partial charge in [-0.2, -0.15) is 13.2 Å². The Balaban J connectivity index is 1.43. The minimum atomic E-state index is -4.98. The van der Waals surface area contributed by atoms with Crippen molar-refractivity contribution < 1.29 is 31.9 Å². The number of aliphatic hydroxyl groups is 1. The number of carbonyl (C=O) groups is 1. The number of aromatic nitrogens is 7. The van der Waals surface area contributed by atoms with E-state index in [4.69, 9.17) is 11.6 Å². The Bertz CT molecular complexity index is 1620. The van der Waals surface area contributed by atoms with Crippen LogP contribution in [0.15, 0.2) is 53.7 Å². The summed E-state index contributed by atoms with van der Waals surface area (Å²) in [6.45, 7) is -1.50. The summed E-state index contributed by atoms with van der Waals surface area (Å²) in [4.78, 5) is 33.4. The number of halogens is 6. The van der Waals surface area contributed by atoms with Crippen LogP contribution in [0.25, 0.3) is 17.2 Å². The number of hydrogen-bond acceptors (Lipinski definition) is 7. The molecule has 4 aromatic rings. The average molecular weight is 585 g/mol. The zero-order valence-corrected chi connectivity index (χ0v) is 20.8. The number of rotatable bonds is 8. The SMILES string of the molecule is O=C(Nc1cccnc1-n1cnc(Cn2nc(-c3ccc(Cl)cc3)n(C[C@H](O)C(F)(F)F)c2=O)n1)C1CC1(F)F. The van der Waals surface area contributed by atoms with Crippen LogP contribution < -0.4 is 11.0 Å². The first-order valence-corrected chi connectivity index (χ1v) is 11.9. The molecule has 0 radical (unpaired) electrons. The standard InChI is InChI=1S/C23H18ClF5N8O3/c24-13-5-3-12(4-6-13)18-34-36(21(40)35(18)9-16(38)23(27,28)29)10-17-31-11-37(33-17)19-15(2-1-7-30-19)32-20(39)14-8-22(14,25)26/h1-7,11,14,16,38H,8-10H2,(H,32,39)/t14?,16-/m0/s1. The lowest BCUT2D eigenvalue weighted by Gasteiger charge is -2.15. The van der Waals surface area contributed by atoms with Crippen LogP contribution in [0.1, 0.15) is 12.2 Å². The third kappa shape index (κ3) is 5.58. The number of nitrogens with zero attached hydrogens (tertiary/aromatic N) is 7. The van der Waals surface area contributed by atoms with Gasteiger partial charge in [0.25, 0.3) is 5.92 Å². The van der Waals surface area contributed by atoms with E-state index in [-0.39, 0.29) is 35.3 Å². The number of hydrogen-bond donors (Lipinski definition) is 2. The summed E-state index contributed by atoms with van der Waals surface area (Å²) in [5, 5.41) is 20.7. The number of nitrogens with one attached hydrogen (secondary N) is 1. The molecular weight excluding hydrogens is 567 g/mol. The van der Waals surface area contributed by atoms with E-state index in [0.717, 1.165) is 9.36 Å². The van der Waals surface area contributed by atoms with E-state index in [1.807, 2.05) is 0 Å². The van der Waals surface area contributed by atoms with Crippen molar-refractivity contribution in [2.45, 2.75) is 37.7 Å². The van der Waals surface area contributed by atoms with Gasteiger partial charge in [0.1, 0.15) is 18.8 Å². The van der Waals surface area contributed by atoms with Crippen molar-refractivity contribution >= 4 is 23.2 Å². The predicted molar refractivity (Wildman–Crippen MR) is 129 cm³/mol. The molecular formula is C23H18ClF5N8O3. The van der Waals surface area contributed by atoms with Gasteiger partial charge in [0, 0.05) is 23.2 Å². The smallest absolute Gasteiger partial charge is 0.382 e. The maximum Gasteiger partial charge on any atom is 0.416 e. The molecule has 3 heterocycles. The number of benzene rings is 1. The van der Waals surface area contributed by atoms with E-state index in [0.29, 0.717) is 9.59 Å². The van der Waals surface area contributed by atoms with Gasteiger partial charge in [-0.15, -0.1) is 10.2 Å². The molecule has 0 spiro atoms. The second kappa shape index (κ2) is 10.1. The maximum atomic E-state index is 13.3. The Morgan fingerprint density at radius 2 is 1.88 bits per heavy atom. The Kier molecular flexibility index (Phi) is 6.91. The summed E-state index contributed by atoms with van der Waals surface area (Å²) in [6.07, 6.45) is -5.81. The Labute approximate surface area is 225 Å². The Hall–Kier alpha value is -4.18. The molecule has 2 N–H and O–H groups in total. The summed E-state index contributed by atoms with van der Waals surface area (Å²) >= 11 is 5.89. The lowest BCUT2D eigenvalue weighted by molar-refractivity contribution is -0.207. The van der Waals surface area contributed by atoms with Crippen LogP contribution in [0.5, 0.6) is 0 Å². The predicted octanol–water partition coefficient (Wildman–Crippen LogP) is 2.91. The molecule has 1 aromatic carbocycles. The molecule has 0 aliphatic heterocycles. The summed E-state index contributed by atoms with van der Waals surface area (Å²) in [5.41, 5.74) is -0.622. The highest BCUT2D eigenvalue weighted by molar-refractivity contribution is 6.30. The lowest BCUT2D eigenvalue weighted by Crippen LogP contribution is -2.37. The zero-order chi connectivity index (χ0) is 28.8. The zero-order valence-electron chi connectivity index (χ0n) is 20.1. The Morgan fingerprint density at radius 1 is 1.18 bits per heavy atom. The van der Waals surface area contributed by atoms with Crippen molar-refractivity contribution in [1.29, 1.82) is 0 Å². The number of carbonyl (C=O) groups excluding carboxylic acids is 1. The van der Waals surface area contributed by atoms with Crippen LogP contribution in [0.3, 0.4) is 0 Å². The highest BCUT2D eigenvalue weighted by atomic mass is 35.5. The normalized spacial score (nSPS) is 17.0. The first-order chi connectivity index (χ1) is 18.8. The van der Waals surface area contributed by atoms with Crippen molar-refractivity contribution in [1.82, 2.24) is 34.1 Å². The van der Waals surface area contributed by atoms with Gasteiger partial charge in [-0.3, -0.25) is 9.36 Å². The van der Waals surface area contributed by atoms with Gasteiger partial charge >= 0.3 is 11.9 Å². The minimum absolute atomic E-state index is 0.0116. The second-order valence-corrected chi connectivity index (χ2v) is 9.36. The second-order valence-electron chi connectivity index (χ2n) is 8.93. The Morgan fingerprint density at radius 3 is 2.52 bits per heavy atom. The quantitative estimate of drug-likeness (QED) is 0.304. The van der Waals surface area contributed by atoms with Gasteiger partial charge < -0.3 is 10.4 Å². The van der Waals surface area contributed by atoms with Gasteiger partial charge in [-0.25, -0.2) is 32.9 Å². The number of pyridine rings is 1. The maximum absolute atomic E-state index is 13.3. The summed E-state index contributed by atoms with van der Waals surface area (Å²) in [7, 11) is 0. The van der Waals surface area contributed by atoms with Gasteiger partial charge in [-0.1, -0.05) is 11.6 Å². The van der Waals surface area contributed by atoms with Crippen molar-refractivity contribution in [2.75, 3.05) is 5.32 Å². The molecule has 0 bridgehead atoms. The van der Waals surface area contributed by atoms with Gasteiger partial charge in [0.05, 0.1) is 12.2 Å². The molecule has 5 rings (SSSR count). The number of alkyl halides is 5. The first kappa shape index (κ1) is 27.4. The summed E-state index contributed by atoms with van der Waals surface area (Å²) in [5.74, 6) is -5.51. The van der Waals surface area contributed by atoms with Crippen LogP contribution in [-0.4, -0.2) is 63.3 Å². The van der Waals surface area contributed by atoms with E-state index >= 15 is 0 Å². The third-order valence-corrected chi connectivity index (χ3v) is 6.25. The molecule has 11 nitrogen and oxygen atoms in total. The van der Waals surface area contributed by atoms with Crippen molar-refractivity contribution in [3.8, 4) is 17.2 Å². The molecule has 40 heavy (non-hydrogen) atoms. The fourth-order valence-electron chi connectivity index (χ4n) is 3.80. The van der Waals surface area contributed by atoms with E-state index in [9.17, 15) is 36.6 Å². The summed E-state index contributed by atoms with van der Waals surface area (Å²) < 4.78 is 68.4. The molecule has 1 aliphatic carbocycles. The van der Waals surface area contributed by atoms with Crippen LogP contribution in [0.2, 0.25) is 5.02 Å². The minimum Gasteiger partial charge on any atom is -0.382 e. The van der Waals surface area contributed by atoms with E-state index in [2.05, 4.69) is 25.5 Å². The topological polar surface area (TPSA) is 133 Å². The molecule has 1 aliphatic rings. The molecule has 17 heteroatoms. The van der Waals surface area contributed by atoms with E-state index in [1.165, 1.54) is 48.9 Å². The number of aliphatic hydroxyl groups excluding tert-OH is 1. The van der Waals surface area contributed by atoms with Gasteiger partial charge in [-0.05, 0) is 36.4 Å². The highest BCUT2D eigenvalue weighted by Crippen LogP contribution is 2.49. The third-order valence-electron chi connectivity index (χ3n) is 5.99. The van der Waals surface area contributed by atoms with Crippen LogP contribution in [0, 0.1) is 5.92 Å². The first-order valence-electron chi connectivity index (χ1n) is 11.6. The largest absolute Gasteiger partial charge is 0.416 e. The van der Waals surface area contributed by atoms with Crippen molar-refractivity contribution in [3.63, 3.8) is 0 Å². The molecule has 0 saturated heterocycles. The van der Waals surface area contributed by atoms with Crippen LogP contribution >= 0.6 is 11.6 Å². The lowest BCUT2D eigenvalue weighted by atomic mass is 10.2. The molecule has 1 saturated carbocycles. The average Bonchev–Trinajstić information content (AvgIpc) is 3.18. The van der Waals surface area contributed by atoms with E-state index in [1.54, 1.807) is 0 Å². The fraction of sp³-hybridized carbons (Fsp3) is 0.304. The summed E-state index contributed by atoms with van der Waals surface area (Å²) in [6, 6.07) is 8.72. The molecule has 1 unspecified atom stereocenters. The molecule has 210 valence electrons. The molecule has 1 amide bonds. The number of amides is 1. The van der Waals surface area contributed by atoms with Crippen molar-refractivity contribution in [2.24, 2.45) is 5.92 Å². The highest BCUT2D eigenvalue weighted by Gasteiger charge is 2.61. The molecule has 3 aromatic heterocycles. The van der Waals surface area contributed by atoms with Gasteiger partial charge in [0.15, 0.2) is 23.6 Å². The van der Waals surface area contributed by atoms with Crippen molar-refractivity contribution in [3.05, 3.63) is 70.3 Å².